The molecule has 0 radical (unpaired) electrons. The number of hydrogen-bond acceptors (Lipinski definition) is 1. The molecular formula is C25H34O. The van der Waals surface area contributed by atoms with Gasteiger partial charge in [-0.15, -0.1) is 0 Å². The van der Waals surface area contributed by atoms with Crippen LogP contribution in [0.1, 0.15) is 70.3 Å². The highest BCUT2D eigenvalue weighted by molar-refractivity contribution is 5.40. The molecule has 0 aliphatic heterocycles. The van der Waals surface area contributed by atoms with E-state index in [-0.39, 0.29) is 0 Å². The number of benzene rings is 1. The summed E-state index contributed by atoms with van der Waals surface area (Å²) >= 11 is 0. The van der Waals surface area contributed by atoms with E-state index in [4.69, 9.17) is 4.74 Å². The van der Waals surface area contributed by atoms with Crippen molar-refractivity contribution in [2.24, 2.45) is 23.7 Å². The first-order chi connectivity index (χ1) is 12.8. The maximum absolute atomic E-state index is 5.18. The molecule has 0 bridgehead atoms. The molecule has 0 saturated heterocycles. The smallest absolute Gasteiger partial charge is 0.118 e. The van der Waals surface area contributed by atoms with Gasteiger partial charge in [-0.2, -0.15) is 0 Å². The molecule has 1 nitrogen and oxygen atoms in total. The summed E-state index contributed by atoms with van der Waals surface area (Å²) < 4.78 is 5.18. The molecule has 2 aliphatic carbocycles. The lowest BCUT2D eigenvalue weighted by molar-refractivity contribution is 0.154. The van der Waals surface area contributed by atoms with Crippen molar-refractivity contribution in [3.8, 4) is 17.6 Å². The van der Waals surface area contributed by atoms with Crippen molar-refractivity contribution in [1.29, 1.82) is 0 Å². The van der Waals surface area contributed by atoms with Crippen molar-refractivity contribution in [2.75, 3.05) is 7.11 Å². The van der Waals surface area contributed by atoms with Gasteiger partial charge in [0.25, 0.3) is 0 Å². The summed E-state index contributed by atoms with van der Waals surface area (Å²) in [5.74, 6) is 11.1. The van der Waals surface area contributed by atoms with E-state index in [0.29, 0.717) is 0 Å². The lowest BCUT2D eigenvalue weighted by Crippen LogP contribution is -2.25. The third-order valence-corrected chi connectivity index (χ3v) is 6.71. The van der Waals surface area contributed by atoms with Crippen LogP contribution in [0.3, 0.4) is 0 Å². The van der Waals surface area contributed by atoms with E-state index >= 15 is 0 Å². The predicted molar refractivity (Wildman–Crippen MR) is 110 cm³/mol. The summed E-state index contributed by atoms with van der Waals surface area (Å²) in [6, 6.07) is 7.95. The minimum absolute atomic E-state index is 0.739. The highest BCUT2D eigenvalue weighted by Crippen LogP contribution is 2.42. The van der Waals surface area contributed by atoms with Crippen LogP contribution in [0.2, 0.25) is 0 Å². The van der Waals surface area contributed by atoms with Crippen molar-refractivity contribution < 1.29 is 4.74 Å². The van der Waals surface area contributed by atoms with Crippen LogP contribution < -0.4 is 4.74 Å². The largest absolute Gasteiger partial charge is 0.497 e. The number of methoxy groups -OCH3 is 1. The summed E-state index contributed by atoms with van der Waals surface area (Å²) in [6.45, 7) is 2.36. The van der Waals surface area contributed by atoms with Crippen LogP contribution in [-0.4, -0.2) is 7.11 Å². The van der Waals surface area contributed by atoms with Gasteiger partial charge in [0.1, 0.15) is 5.75 Å². The van der Waals surface area contributed by atoms with Crippen molar-refractivity contribution in [3.63, 3.8) is 0 Å². The molecule has 0 atom stereocenters. The molecule has 1 aromatic carbocycles. The standard InChI is InChI=1S/C25H34O/c1-3-20-8-14-23(15-9-20)24-16-10-21(11-17-24)6-4-5-7-22-12-18-25(26-2)19-13-22/h4,6,12-13,18-21,23-24H,3,8-11,14-17H2,1-2H3. The van der Waals surface area contributed by atoms with Crippen LogP contribution in [0.25, 0.3) is 0 Å². The monoisotopic (exact) mass is 350 g/mol. The zero-order valence-corrected chi connectivity index (χ0v) is 16.5. The predicted octanol–water partition coefficient (Wildman–Crippen LogP) is 6.63. The first kappa shape index (κ1) is 19.1. The highest BCUT2D eigenvalue weighted by Gasteiger charge is 2.29. The van der Waals surface area contributed by atoms with Crippen molar-refractivity contribution in [2.45, 2.75) is 64.7 Å². The Labute approximate surface area is 160 Å². The third-order valence-electron chi connectivity index (χ3n) is 6.71. The van der Waals surface area contributed by atoms with Crippen LogP contribution in [-0.2, 0) is 0 Å². The Kier molecular flexibility index (Phi) is 7.24. The fourth-order valence-corrected chi connectivity index (χ4v) is 4.86. The van der Waals surface area contributed by atoms with Crippen molar-refractivity contribution >= 4 is 0 Å². The van der Waals surface area contributed by atoms with Gasteiger partial charge in [-0.3, -0.25) is 0 Å². The molecule has 3 rings (SSSR count). The second kappa shape index (κ2) is 9.86. The Morgan fingerprint density at radius 2 is 1.54 bits per heavy atom. The van der Waals surface area contributed by atoms with Crippen LogP contribution in [0.15, 0.2) is 36.4 Å². The molecule has 0 amide bonds. The summed E-state index contributed by atoms with van der Waals surface area (Å²) in [6.07, 6.45) is 17.4. The van der Waals surface area contributed by atoms with Crippen LogP contribution in [0.4, 0.5) is 0 Å². The number of rotatable bonds is 4. The molecule has 0 spiro atoms. The molecule has 0 heterocycles. The number of hydrogen-bond donors (Lipinski definition) is 0. The van der Waals surface area contributed by atoms with Gasteiger partial charge in [0.05, 0.1) is 7.11 Å². The van der Waals surface area contributed by atoms with E-state index in [1.165, 1.54) is 57.8 Å². The first-order valence-electron chi connectivity index (χ1n) is 10.6. The Morgan fingerprint density at radius 1 is 0.923 bits per heavy atom. The average Bonchev–Trinajstić information content (AvgIpc) is 2.72. The lowest BCUT2D eigenvalue weighted by Gasteiger charge is -2.37. The molecule has 0 N–H and O–H groups in total. The van der Waals surface area contributed by atoms with Gasteiger partial charge in [0, 0.05) is 5.56 Å². The SMILES string of the molecule is CCC1CCC(C2CCC(C=CC#Cc3ccc(OC)cc3)CC2)CC1. The molecule has 0 aromatic heterocycles. The molecule has 1 aromatic rings. The minimum atomic E-state index is 0.739. The summed E-state index contributed by atoms with van der Waals surface area (Å²) in [7, 11) is 1.69. The van der Waals surface area contributed by atoms with E-state index in [0.717, 1.165) is 35.0 Å². The molecule has 2 aliphatic rings. The van der Waals surface area contributed by atoms with Crippen LogP contribution >= 0.6 is 0 Å². The average molecular weight is 351 g/mol. The Balaban J connectivity index is 1.41. The zero-order valence-electron chi connectivity index (χ0n) is 16.5. The quantitative estimate of drug-likeness (QED) is 0.554. The fraction of sp³-hybridized carbons (Fsp3) is 0.600. The molecule has 140 valence electrons. The van der Waals surface area contributed by atoms with Gasteiger partial charge in [0.15, 0.2) is 0 Å². The molecule has 26 heavy (non-hydrogen) atoms. The van der Waals surface area contributed by atoms with Crippen LogP contribution in [0.5, 0.6) is 5.75 Å². The Bertz CT molecular complexity index is 614. The fourth-order valence-electron chi connectivity index (χ4n) is 4.86. The zero-order chi connectivity index (χ0) is 18.2. The van der Waals surface area contributed by atoms with Gasteiger partial charge in [-0.05, 0) is 92.5 Å². The molecule has 2 saturated carbocycles. The molecular weight excluding hydrogens is 316 g/mol. The minimum Gasteiger partial charge on any atom is -0.497 e. The van der Waals surface area contributed by atoms with E-state index < -0.39 is 0 Å². The lowest BCUT2D eigenvalue weighted by atomic mass is 9.69. The van der Waals surface area contributed by atoms with Gasteiger partial charge in [0.2, 0.25) is 0 Å². The Morgan fingerprint density at radius 3 is 2.12 bits per heavy atom. The van der Waals surface area contributed by atoms with E-state index in [1.807, 2.05) is 24.3 Å². The Hall–Kier alpha value is -1.68. The number of ether oxygens (including phenoxy) is 1. The number of allylic oxidation sites excluding steroid dienone is 2. The van der Waals surface area contributed by atoms with Gasteiger partial charge in [-0.1, -0.05) is 44.1 Å². The maximum Gasteiger partial charge on any atom is 0.118 e. The van der Waals surface area contributed by atoms with E-state index in [1.54, 1.807) is 7.11 Å². The summed E-state index contributed by atoms with van der Waals surface area (Å²) in [5.41, 5.74) is 1.04. The van der Waals surface area contributed by atoms with Gasteiger partial charge >= 0.3 is 0 Å². The second-order valence-corrected chi connectivity index (χ2v) is 8.22. The summed E-state index contributed by atoms with van der Waals surface area (Å²) in [5, 5.41) is 0. The highest BCUT2D eigenvalue weighted by atomic mass is 16.5. The first-order valence-corrected chi connectivity index (χ1v) is 10.6. The molecule has 0 unspecified atom stereocenters. The third kappa shape index (κ3) is 5.41. The van der Waals surface area contributed by atoms with Crippen LogP contribution in [0, 0.1) is 35.5 Å². The molecule has 1 heteroatoms. The van der Waals surface area contributed by atoms with Gasteiger partial charge < -0.3 is 4.74 Å². The topological polar surface area (TPSA) is 9.23 Å². The second-order valence-electron chi connectivity index (χ2n) is 8.22. The maximum atomic E-state index is 5.18. The van der Waals surface area contributed by atoms with E-state index in [2.05, 4.69) is 30.9 Å². The van der Waals surface area contributed by atoms with Gasteiger partial charge in [-0.25, -0.2) is 0 Å². The molecule has 2 fully saturated rings. The van der Waals surface area contributed by atoms with Crippen molar-refractivity contribution in [1.82, 2.24) is 0 Å². The normalized spacial score (nSPS) is 29.2. The van der Waals surface area contributed by atoms with E-state index in [9.17, 15) is 0 Å². The summed E-state index contributed by atoms with van der Waals surface area (Å²) in [4.78, 5) is 0. The van der Waals surface area contributed by atoms with Crippen molar-refractivity contribution in [3.05, 3.63) is 42.0 Å².